The first-order valence-electron chi connectivity index (χ1n) is 5.42. The van der Waals surface area contributed by atoms with Gasteiger partial charge in [-0.3, -0.25) is 0 Å². The molecule has 0 aromatic carbocycles. The zero-order chi connectivity index (χ0) is 10.4. The minimum atomic E-state index is 0.547. The van der Waals surface area contributed by atoms with Crippen molar-refractivity contribution in [2.45, 2.75) is 46.1 Å². The molecule has 1 heterocycles. The van der Waals surface area contributed by atoms with Crippen LogP contribution < -0.4 is 5.32 Å². The standard InChI is InChI=1S/C11H20N2S/c1-4-6-12-9(3)7-11-13-10(5-2)8-14-11/h8-9,12H,4-7H2,1-3H3. The summed E-state index contributed by atoms with van der Waals surface area (Å²) >= 11 is 1.78. The number of nitrogens with zero attached hydrogens (tertiary/aromatic N) is 1. The predicted octanol–water partition coefficient (Wildman–Crippen LogP) is 2.64. The maximum atomic E-state index is 4.56. The highest BCUT2D eigenvalue weighted by Gasteiger charge is 2.05. The van der Waals surface area contributed by atoms with Gasteiger partial charge in [0.15, 0.2) is 0 Å². The third kappa shape index (κ3) is 3.76. The summed E-state index contributed by atoms with van der Waals surface area (Å²) in [6.45, 7) is 7.67. The van der Waals surface area contributed by atoms with Gasteiger partial charge in [-0.1, -0.05) is 13.8 Å². The molecular formula is C11H20N2S. The van der Waals surface area contributed by atoms with Crippen molar-refractivity contribution in [3.63, 3.8) is 0 Å². The van der Waals surface area contributed by atoms with Crippen molar-refractivity contribution >= 4 is 11.3 Å². The van der Waals surface area contributed by atoms with Crippen molar-refractivity contribution in [3.05, 3.63) is 16.1 Å². The maximum Gasteiger partial charge on any atom is 0.0943 e. The van der Waals surface area contributed by atoms with E-state index in [2.05, 4.69) is 36.5 Å². The van der Waals surface area contributed by atoms with Crippen molar-refractivity contribution in [1.29, 1.82) is 0 Å². The van der Waals surface area contributed by atoms with Crippen LogP contribution in [0.25, 0.3) is 0 Å². The van der Waals surface area contributed by atoms with E-state index in [1.54, 1.807) is 11.3 Å². The first-order valence-corrected chi connectivity index (χ1v) is 6.30. The molecule has 1 rings (SSSR count). The van der Waals surface area contributed by atoms with Crippen molar-refractivity contribution in [2.24, 2.45) is 0 Å². The zero-order valence-corrected chi connectivity index (χ0v) is 10.2. The Balaban J connectivity index is 2.35. The Hall–Kier alpha value is -0.410. The van der Waals surface area contributed by atoms with Gasteiger partial charge in [0.05, 0.1) is 10.7 Å². The van der Waals surface area contributed by atoms with Gasteiger partial charge >= 0.3 is 0 Å². The molecule has 1 unspecified atom stereocenters. The van der Waals surface area contributed by atoms with E-state index in [4.69, 9.17) is 0 Å². The lowest BCUT2D eigenvalue weighted by Gasteiger charge is -2.10. The van der Waals surface area contributed by atoms with Gasteiger partial charge in [-0.15, -0.1) is 11.3 Å². The van der Waals surface area contributed by atoms with E-state index in [1.807, 2.05) is 0 Å². The average molecular weight is 212 g/mol. The lowest BCUT2D eigenvalue weighted by molar-refractivity contribution is 0.542. The zero-order valence-electron chi connectivity index (χ0n) is 9.34. The Bertz CT molecular complexity index is 258. The van der Waals surface area contributed by atoms with Gasteiger partial charge in [0, 0.05) is 17.8 Å². The van der Waals surface area contributed by atoms with Crippen LogP contribution in [0.2, 0.25) is 0 Å². The van der Waals surface area contributed by atoms with Crippen molar-refractivity contribution in [2.75, 3.05) is 6.54 Å². The van der Waals surface area contributed by atoms with Gasteiger partial charge in [0.2, 0.25) is 0 Å². The number of nitrogens with one attached hydrogen (secondary N) is 1. The third-order valence-electron chi connectivity index (χ3n) is 2.19. The van der Waals surface area contributed by atoms with Crippen LogP contribution in [0.1, 0.15) is 37.9 Å². The van der Waals surface area contributed by atoms with E-state index in [0.29, 0.717) is 6.04 Å². The second-order valence-corrected chi connectivity index (χ2v) is 4.59. The highest BCUT2D eigenvalue weighted by atomic mass is 32.1. The Kier molecular flexibility index (Phi) is 5.12. The van der Waals surface area contributed by atoms with Gasteiger partial charge in [-0.05, 0) is 26.3 Å². The fraction of sp³-hybridized carbons (Fsp3) is 0.727. The second kappa shape index (κ2) is 6.14. The molecule has 1 N–H and O–H groups in total. The second-order valence-electron chi connectivity index (χ2n) is 3.65. The molecule has 0 aliphatic carbocycles. The van der Waals surface area contributed by atoms with Gasteiger partial charge in [-0.2, -0.15) is 0 Å². The Morgan fingerprint density at radius 3 is 2.86 bits per heavy atom. The van der Waals surface area contributed by atoms with E-state index in [0.717, 1.165) is 19.4 Å². The molecule has 0 saturated carbocycles. The first-order chi connectivity index (χ1) is 6.76. The topological polar surface area (TPSA) is 24.9 Å². The Morgan fingerprint density at radius 2 is 2.29 bits per heavy atom. The molecule has 0 amide bonds. The summed E-state index contributed by atoms with van der Waals surface area (Å²) in [7, 11) is 0. The van der Waals surface area contributed by atoms with E-state index >= 15 is 0 Å². The van der Waals surface area contributed by atoms with Crippen LogP contribution in [-0.4, -0.2) is 17.6 Å². The molecular weight excluding hydrogens is 192 g/mol. The number of rotatable bonds is 6. The number of hydrogen-bond acceptors (Lipinski definition) is 3. The van der Waals surface area contributed by atoms with E-state index in [9.17, 15) is 0 Å². The molecule has 1 aromatic rings. The fourth-order valence-corrected chi connectivity index (χ4v) is 2.34. The maximum absolute atomic E-state index is 4.56. The monoisotopic (exact) mass is 212 g/mol. The molecule has 1 aromatic heterocycles. The molecule has 3 heteroatoms. The van der Waals surface area contributed by atoms with Crippen LogP contribution in [0.3, 0.4) is 0 Å². The molecule has 0 bridgehead atoms. The summed E-state index contributed by atoms with van der Waals surface area (Å²) in [5.74, 6) is 0. The van der Waals surface area contributed by atoms with E-state index in [-0.39, 0.29) is 0 Å². The largest absolute Gasteiger partial charge is 0.314 e. The van der Waals surface area contributed by atoms with Gasteiger partial charge in [0.1, 0.15) is 0 Å². The number of aryl methyl sites for hydroxylation is 1. The van der Waals surface area contributed by atoms with Crippen LogP contribution in [0.5, 0.6) is 0 Å². The van der Waals surface area contributed by atoms with Gasteiger partial charge in [0.25, 0.3) is 0 Å². The molecule has 0 spiro atoms. The molecule has 14 heavy (non-hydrogen) atoms. The van der Waals surface area contributed by atoms with Crippen LogP contribution in [0.4, 0.5) is 0 Å². The number of aromatic nitrogens is 1. The SMILES string of the molecule is CCCNC(C)Cc1nc(CC)cs1. The molecule has 0 aliphatic heterocycles. The van der Waals surface area contributed by atoms with Gasteiger partial charge < -0.3 is 5.32 Å². The summed E-state index contributed by atoms with van der Waals surface area (Å²) < 4.78 is 0. The van der Waals surface area contributed by atoms with Crippen LogP contribution in [0.15, 0.2) is 5.38 Å². The van der Waals surface area contributed by atoms with Crippen LogP contribution >= 0.6 is 11.3 Å². The molecule has 2 nitrogen and oxygen atoms in total. The molecule has 0 aliphatic rings. The lowest BCUT2D eigenvalue weighted by atomic mass is 10.2. The molecule has 0 saturated heterocycles. The smallest absolute Gasteiger partial charge is 0.0943 e. The number of hydrogen-bond donors (Lipinski definition) is 1. The minimum absolute atomic E-state index is 0.547. The van der Waals surface area contributed by atoms with Gasteiger partial charge in [-0.25, -0.2) is 4.98 Å². The summed E-state index contributed by atoms with van der Waals surface area (Å²) in [5, 5.41) is 6.91. The molecule has 80 valence electrons. The first kappa shape index (κ1) is 11.7. The fourth-order valence-electron chi connectivity index (χ4n) is 1.33. The molecule has 0 fully saturated rings. The number of thiazole rings is 1. The molecule has 1 atom stereocenters. The van der Waals surface area contributed by atoms with Crippen molar-refractivity contribution in [3.8, 4) is 0 Å². The summed E-state index contributed by atoms with van der Waals surface area (Å²) in [6.07, 6.45) is 3.31. The minimum Gasteiger partial charge on any atom is -0.314 e. The van der Waals surface area contributed by atoms with E-state index < -0.39 is 0 Å². The van der Waals surface area contributed by atoms with Crippen molar-refractivity contribution in [1.82, 2.24) is 10.3 Å². The highest BCUT2D eigenvalue weighted by molar-refractivity contribution is 7.09. The Labute approximate surface area is 90.8 Å². The quantitative estimate of drug-likeness (QED) is 0.784. The summed E-state index contributed by atoms with van der Waals surface area (Å²) in [5.41, 5.74) is 1.23. The van der Waals surface area contributed by atoms with E-state index in [1.165, 1.54) is 17.1 Å². The van der Waals surface area contributed by atoms with Crippen LogP contribution in [-0.2, 0) is 12.8 Å². The predicted molar refractivity (Wildman–Crippen MR) is 63.0 cm³/mol. The Morgan fingerprint density at radius 1 is 1.50 bits per heavy atom. The molecule has 0 radical (unpaired) electrons. The average Bonchev–Trinajstić information content (AvgIpc) is 2.62. The van der Waals surface area contributed by atoms with Crippen LogP contribution in [0, 0.1) is 0 Å². The highest BCUT2D eigenvalue weighted by Crippen LogP contribution is 2.12. The van der Waals surface area contributed by atoms with Crippen molar-refractivity contribution < 1.29 is 0 Å². The lowest BCUT2D eigenvalue weighted by Crippen LogP contribution is -2.28. The normalized spacial score (nSPS) is 13.1. The third-order valence-corrected chi connectivity index (χ3v) is 3.11. The summed E-state index contributed by atoms with van der Waals surface area (Å²) in [4.78, 5) is 4.56. The summed E-state index contributed by atoms with van der Waals surface area (Å²) in [6, 6.07) is 0.547.